The van der Waals surface area contributed by atoms with Gasteiger partial charge in [-0.2, -0.15) is 0 Å². The van der Waals surface area contributed by atoms with Gasteiger partial charge in [0.05, 0.1) is 0 Å². The van der Waals surface area contributed by atoms with Gasteiger partial charge in [0, 0.05) is 6.54 Å². The molecule has 0 aliphatic carbocycles. The van der Waals surface area contributed by atoms with E-state index in [9.17, 15) is 0 Å². The summed E-state index contributed by atoms with van der Waals surface area (Å²) in [5, 5.41) is 3.48. The van der Waals surface area contributed by atoms with Gasteiger partial charge < -0.3 is 10.1 Å². The number of benzene rings is 2. The molecule has 112 valence electrons. The SMILES string of the molecule is Cc1cccc(Oc2ccc(CNCC(C)C)c(C)c2)c1. The van der Waals surface area contributed by atoms with E-state index >= 15 is 0 Å². The summed E-state index contributed by atoms with van der Waals surface area (Å²) < 4.78 is 5.92. The molecule has 0 saturated carbocycles. The molecule has 0 radical (unpaired) electrons. The molecule has 2 heteroatoms. The van der Waals surface area contributed by atoms with Crippen LogP contribution in [0.25, 0.3) is 0 Å². The van der Waals surface area contributed by atoms with Crippen molar-refractivity contribution in [1.82, 2.24) is 5.32 Å². The molecule has 0 unspecified atom stereocenters. The minimum atomic E-state index is 0.675. The molecule has 0 atom stereocenters. The lowest BCUT2D eigenvalue weighted by Crippen LogP contribution is -2.19. The molecule has 2 nitrogen and oxygen atoms in total. The smallest absolute Gasteiger partial charge is 0.127 e. The van der Waals surface area contributed by atoms with E-state index in [0.717, 1.165) is 24.6 Å². The summed E-state index contributed by atoms with van der Waals surface area (Å²) in [6.45, 7) is 10.6. The van der Waals surface area contributed by atoms with E-state index in [1.165, 1.54) is 16.7 Å². The summed E-state index contributed by atoms with van der Waals surface area (Å²) in [5.74, 6) is 2.46. The highest BCUT2D eigenvalue weighted by molar-refractivity contribution is 5.38. The largest absolute Gasteiger partial charge is 0.457 e. The molecule has 21 heavy (non-hydrogen) atoms. The minimum absolute atomic E-state index is 0.675. The average Bonchev–Trinajstić information content (AvgIpc) is 2.41. The van der Waals surface area contributed by atoms with Crippen LogP contribution in [-0.2, 0) is 6.54 Å². The number of ether oxygens (including phenoxy) is 1. The first-order valence-electron chi connectivity index (χ1n) is 7.59. The lowest BCUT2D eigenvalue weighted by Gasteiger charge is -2.12. The minimum Gasteiger partial charge on any atom is -0.457 e. The lowest BCUT2D eigenvalue weighted by molar-refractivity contribution is 0.481. The maximum absolute atomic E-state index is 5.92. The van der Waals surface area contributed by atoms with Crippen LogP contribution in [-0.4, -0.2) is 6.54 Å². The Morgan fingerprint density at radius 3 is 2.43 bits per heavy atom. The van der Waals surface area contributed by atoms with E-state index in [2.05, 4.69) is 51.2 Å². The first-order chi connectivity index (χ1) is 10.0. The fraction of sp³-hybridized carbons (Fsp3) is 0.368. The van der Waals surface area contributed by atoms with Gasteiger partial charge in [0.2, 0.25) is 0 Å². The Bertz CT molecular complexity index is 590. The Morgan fingerprint density at radius 2 is 1.76 bits per heavy atom. The Balaban J connectivity index is 2.01. The van der Waals surface area contributed by atoms with E-state index in [-0.39, 0.29) is 0 Å². The fourth-order valence-electron chi connectivity index (χ4n) is 2.24. The summed E-state index contributed by atoms with van der Waals surface area (Å²) in [4.78, 5) is 0. The van der Waals surface area contributed by atoms with Gasteiger partial charge in [-0.05, 0) is 67.3 Å². The van der Waals surface area contributed by atoms with Crippen molar-refractivity contribution in [3.63, 3.8) is 0 Å². The fourth-order valence-corrected chi connectivity index (χ4v) is 2.24. The molecule has 2 aromatic rings. The molecular weight excluding hydrogens is 258 g/mol. The molecule has 2 aromatic carbocycles. The van der Waals surface area contributed by atoms with Gasteiger partial charge in [0.25, 0.3) is 0 Å². The van der Waals surface area contributed by atoms with Crippen molar-refractivity contribution in [2.24, 2.45) is 5.92 Å². The second-order valence-electron chi connectivity index (χ2n) is 6.03. The number of rotatable bonds is 6. The van der Waals surface area contributed by atoms with Crippen LogP contribution in [0.1, 0.15) is 30.5 Å². The predicted molar refractivity (Wildman–Crippen MR) is 89.0 cm³/mol. The van der Waals surface area contributed by atoms with Crippen LogP contribution in [0, 0.1) is 19.8 Å². The van der Waals surface area contributed by atoms with Gasteiger partial charge in [-0.3, -0.25) is 0 Å². The normalized spacial score (nSPS) is 10.9. The van der Waals surface area contributed by atoms with Crippen LogP contribution in [0.4, 0.5) is 0 Å². The van der Waals surface area contributed by atoms with Gasteiger partial charge in [-0.15, -0.1) is 0 Å². The molecule has 0 fully saturated rings. The molecule has 2 rings (SSSR count). The van der Waals surface area contributed by atoms with Crippen LogP contribution in [0.2, 0.25) is 0 Å². The maximum atomic E-state index is 5.92. The molecule has 0 aliphatic heterocycles. The van der Waals surface area contributed by atoms with Crippen molar-refractivity contribution in [2.75, 3.05) is 6.54 Å². The van der Waals surface area contributed by atoms with Crippen LogP contribution >= 0.6 is 0 Å². The average molecular weight is 283 g/mol. The van der Waals surface area contributed by atoms with Crippen LogP contribution in [0.5, 0.6) is 11.5 Å². The van der Waals surface area contributed by atoms with Crippen molar-refractivity contribution < 1.29 is 4.74 Å². The number of nitrogens with one attached hydrogen (secondary N) is 1. The number of hydrogen-bond donors (Lipinski definition) is 1. The highest BCUT2D eigenvalue weighted by atomic mass is 16.5. The maximum Gasteiger partial charge on any atom is 0.127 e. The quantitative estimate of drug-likeness (QED) is 0.819. The summed E-state index contributed by atoms with van der Waals surface area (Å²) in [7, 11) is 0. The summed E-state index contributed by atoms with van der Waals surface area (Å²) in [5.41, 5.74) is 3.79. The molecule has 0 aliphatic rings. The van der Waals surface area contributed by atoms with Crippen molar-refractivity contribution in [3.8, 4) is 11.5 Å². The van der Waals surface area contributed by atoms with E-state index in [4.69, 9.17) is 4.74 Å². The second-order valence-corrected chi connectivity index (χ2v) is 6.03. The predicted octanol–water partition coefficient (Wildman–Crippen LogP) is 4.84. The van der Waals surface area contributed by atoms with Crippen molar-refractivity contribution >= 4 is 0 Å². The van der Waals surface area contributed by atoms with Gasteiger partial charge in [0.15, 0.2) is 0 Å². The first kappa shape index (κ1) is 15.6. The van der Waals surface area contributed by atoms with Crippen LogP contribution in [0.15, 0.2) is 42.5 Å². The second kappa shape index (κ2) is 7.28. The number of hydrogen-bond acceptors (Lipinski definition) is 2. The molecule has 0 aromatic heterocycles. The molecular formula is C19H25NO. The molecule has 0 spiro atoms. The highest BCUT2D eigenvalue weighted by Crippen LogP contribution is 2.24. The molecule has 0 bridgehead atoms. The third-order valence-corrected chi connectivity index (χ3v) is 3.41. The van der Waals surface area contributed by atoms with Crippen molar-refractivity contribution in [3.05, 3.63) is 59.2 Å². The van der Waals surface area contributed by atoms with E-state index in [0.29, 0.717) is 5.92 Å². The summed E-state index contributed by atoms with van der Waals surface area (Å²) in [6, 6.07) is 14.4. The number of aryl methyl sites for hydroxylation is 2. The van der Waals surface area contributed by atoms with E-state index < -0.39 is 0 Å². The topological polar surface area (TPSA) is 21.3 Å². The van der Waals surface area contributed by atoms with Crippen LogP contribution < -0.4 is 10.1 Å². The lowest BCUT2D eigenvalue weighted by atomic mass is 10.1. The van der Waals surface area contributed by atoms with E-state index in [1.54, 1.807) is 0 Å². The Kier molecular flexibility index (Phi) is 5.40. The van der Waals surface area contributed by atoms with Crippen LogP contribution in [0.3, 0.4) is 0 Å². The third-order valence-electron chi connectivity index (χ3n) is 3.41. The summed E-state index contributed by atoms with van der Waals surface area (Å²) >= 11 is 0. The Hall–Kier alpha value is -1.80. The zero-order valence-electron chi connectivity index (χ0n) is 13.4. The third kappa shape index (κ3) is 4.91. The first-order valence-corrected chi connectivity index (χ1v) is 7.59. The van der Waals surface area contributed by atoms with Crippen molar-refractivity contribution in [1.29, 1.82) is 0 Å². The molecule has 0 heterocycles. The monoisotopic (exact) mass is 283 g/mol. The van der Waals surface area contributed by atoms with Gasteiger partial charge in [0.1, 0.15) is 11.5 Å². The Labute approximate surface area is 128 Å². The standard InChI is InChI=1S/C19H25NO/c1-14(2)12-20-13-17-8-9-19(11-16(17)4)21-18-7-5-6-15(3)10-18/h5-11,14,20H,12-13H2,1-4H3. The van der Waals surface area contributed by atoms with Gasteiger partial charge >= 0.3 is 0 Å². The molecule has 1 N–H and O–H groups in total. The van der Waals surface area contributed by atoms with Gasteiger partial charge in [-0.25, -0.2) is 0 Å². The highest BCUT2D eigenvalue weighted by Gasteiger charge is 2.03. The molecule has 0 saturated heterocycles. The Morgan fingerprint density at radius 1 is 1.00 bits per heavy atom. The zero-order chi connectivity index (χ0) is 15.2. The molecule has 0 amide bonds. The zero-order valence-corrected chi connectivity index (χ0v) is 13.4. The van der Waals surface area contributed by atoms with Crippen molar-refractivity contribution in [2.45, 2.75) is 34.2 Å². The van der Waals surface area contributed by atoms with E-state index in [1.807, 2.05) is 24.3 Å². The van der Waals surface area contributed by atoms with Gasteiger partial charge in [-0.1, -0.05) is 32.0 Å². The summed E-state index contributed by atoms with van der Waals surface area (Å²) in [6.07, 6.45) is 0.